The van der Waals surface area contributed by atoms with Crippen molar-refractivity contribution in [3.8, 4) is 11.5 Å². The predicted molar refractivity (Wildman–Crippen MR) is 127 cm³/mol. The molecular weight excluding hydrogens is 454 g/mol. The first kappa shape index (κ1) is 27.1. The van der Waals surface area contributed by atoms with Crippen LogP contribution in [0.2, 0.25) is 0 Å². The van der Waals surface area contributed by atoms with Gasteiger partial charge in [0.25, 0.3) is 5.91 Å². The van der Waals surface area contributed by atoms with Crippen molar-refractivity contribution in [1.82, 2.24) is 4.90 Å². The highest BCUT2D eigenvalue weighted by Crippen LogP contribution is 2.38. The molecule has 3 rings (SSSR count). The fraction of sp³-hybridized carbons (Fsp3) is 0.654. The number of nitrogens with zero attached hydrogens (tertiary/aromatic N) is 1. The molecule has 0 aromatic heterocycles. The molecule has 2 heterocycles. The van der Waals surface area contributed by atoms with E-state index in [1.165, 1.54) is 19.1 Å². The molecular formula is C26H37NO8. The summed E-state index contributed by atoms with van der Waals surface area (Å²) in [6.07, 6.45) is -1.12. The van der Waals surface area contributed by atoms with Crippen LogP contribution >= 0.6 is 0 Å². The van der Waals surface area contributed by atoms with E-state index in [0.717, 1.165) is 0 Å². The highest BCUT2D eigenvalue weighted by atomic mass is 16.7. The second kappa shape index (κ2) is 11.1. The number of methoxy groups -OCH3 is 3. The van der Waals surface area contributed by atoms with E-state index in [4.69, 9.17) is 23.7 Å². The van der Waals surface area contributed by atoms with Gasteiger partial charge in [0.05, 0.1) is 33.4 Å². The molecule has 0 unspecified atom stereocenters. The molecule has 0 spiro atoms. The number of likely N-dealkylation sites (tertiary alicyclic amines) is 1. The van der Waals surface area contributed by atoms with Crippen LogP contribution in [0.25, 0.3) is 0 Å². The van der Waals surface area contributed by atoms with Crippen LogP contribution in [0.1, 0.15) is 52.5 Å². The third-order valence-corrected chi connectivity index (χ3v) is 7.11. The third kappa shape index (κ3) is 5.37. The first-order valence-electron chi connectivity index (χ1n) is 12.0. The van der Waals surface area contributed by atoms with Crippen molar-refractivity contribution in [2.75, 3.05) is 21.3 Å². The summed E-state index contributed by atoms with van der Waals surface area (Å²) in [6, 6.07) is 5.02. The Bertz CT molecular complexity index is 947. The number of imide groups is 1. The number of Topliss-reactive ketones (excluding diaryl/α,β-unsaturated/α-hetero) is 1. The van der Waals surface area contributed by atoms with E-state index >= 15 is 0 Å². The number of hydrogen-bond donors (Lipinski definition) is 0. The van der Waals surface area contributed by atoms with Gasteiger partial charge in [-0.15, -0.1) is 0 Å². The molecule has 2 aliphatic rings. The van der Waals surface area contributed by atoms with Gasteiger partial charge in [0.15, 0.2) is 17.6 Å². The lowest BCUT2D eigenvalue weighted by Crippen LogP contribution is -2.62. The largest absolute Gasteiger partial charge is 0.493 e. The van der Waals surface area contributed by atoms with Gasteiger partial charge in [-0.25, -0.2) is 0 Å². The van der Waals surface area contributed by atoms with Crippen LogP contribution in [0, 0.1) is 11.8 Å². The number of ketones is 1. The molecule has 2 fully saturated rings. The summed E-state index contributed by atoms with van der Waals surface area (Å²) in [5.41, 5.74) is 0.711. The van der Waals surface area contributed by atoms with Crippen molar-refractivity contribution in [1.29, 1.82) is 0 Å². The van der Waals surface area contributed by atoms with Crippen LogP contribution in [-0.4, -0.2) is 67.9 Å². The first-order chi connectivity index (χ1) is 16.6. The van der Waals surface area contributed by atoms with E-state index in [1.807, 2.05) is 13.8 Å². The Morgan fingerprint density at radius 1 is 1.14 bits per heavy atom. The van der Waals surface area contributed by atoms with Crippen molar-refractivity contribution in [3.63, 3.8) is 0 Å². The second-order valence-corrected chi connectivity index (χ2v) is 9.60. The number of ether oxygens (including phenoxy) is 5. The predicted octanol–water partition coefficient (Wildman–Crippen LogP) is 3.12. The van der Waals surface area contributed by atoms with Gasteiger partial charge in [-0.1, -0.05) is 26.8 Å². The van der Waals surface area contributed by atoms with E-state index in [-0.39, 0.29) is 49.0 Å². The molecule has 2 amide bonds. The molecule has 0 N–H and O–H groups in total. The molecule has 1 aromatic rings. The van der Waals surface area contributed by atoms with Gasteiger partial charge in [-0.05, 0) is 37.0 Å². The number of rotatable bonds is 9. The summed E-state index contributed by atoms with van der Waals surface area (Å²) in [6.45, 7) is 7.49. The van der Waals surface area contributed by atoms with Gasteiger partial charge in [-0.2, -0.15) is 0 Å². The number of carbonyl (C=O) groups is 3. The molecule has 9 heteroatoms. The van der Waals surface area contributed by atoms with Crippen molar-refractivity contribution in [2.24, 2.45) is 11.8 Å². The van der Waals surface area contributed by atoms with Gasteiger partial charge in [-0.3, -0.25) is 19.3 Å². The van der Waals surface area contributed by atoms with Crippen LogP contribution < -0.4 is 9.47 Å². The molecule has 0 aliphatic carbocycles. The Balaban J connectivity index is 1.97. The van der Waals surface area contributed by atoms with Gasteiger partial charge in [0.1, 0.15) is 5.78 Å². The van der Waals surface area contributed by atoms with Crippen LogP contribution in [-0.2, 0) is 35.2 Å². The molecule has 0 saturated carbocycles. The third-order valence-electron chi connectivity index (χ3n) is 7.11. The van der Waals surface area contributed by atoms with Crippen LogP contribution in [0.5, 0.6) is 11.5 Å². The molecule has 194 valence electrons. The fourth-order valence-corrected chi connectivity index (χ4v) is 4.79. The van der Waals surface area contributed by atoms with Gasteiger partial charge in [0.2, 0.25) is 11.7 Å². The summed E-state index contributed by atoms with van der Waals surface area (Å²) >= 11 is 0. The van der Waals surface area contributed by atoms with E-state index in [9.17, 15) is 14.4 Å². The number of amides is 2. The van der Waals surface area contributed by atoms with Gasteiger partial charge >= 0.3 is 0 Å². The lowest BCUT2D eigenvalue weighted by atomic mass is 9.87. The lowest BCUT2D eigenvalue weighted by molar-refractivity contribution is -0.307. The minimum atomic E-state index is -1.65. The quantitative estimate of drug-likeness (QED) is 0.519. The molecule has 1 aromatic carbocycles. The maximum absolute atomic E-state index is 13.9. The van der Waals surface area contributed by atoms with Crippen LogP contribution in [0.4, 0.5) is 0 Å². The van der Waals surface area contributed by atoms with E-state index in [0.29, 0.717) is 23.5 Å². The average molecular weight is 492 g/mol. The average Bonchev–Trinajstić information content (AvgIpc) is 3.23. The highest BCUT2D eigenvalue weighted by molar-refractivity contribution is 6.00. The number of carbonyl (C=O) groups excluding carboxylic acids is 3. The van der Waals surface area contributed by atoms with Crippen molar-refractivity contribution < 1.29 is 38.1 Å². The lowest BCUT2D eigenvalue weighted by Gasteiger charge is -2.45. The number of hydrogen-bond acceptors (Lipinski definition) is 8. The maximum atomic E-state index is 13.9. The summed E-state index contributed by atoms with van der Waals surface area (Å²) in [5, 5.41) is 0. The van der Waals surface area contributed by atoms with Gasteiger partial charge < -0.3 is 23.7 Å². The van der Waals surface area contributed by atoms with Crippen LogP contribution in [0.3, 0.4) is 0 Å². The molecule has 2 aliphatic heterocycles. The minimum absolute atomic E-state index is 0.00225. The van der Waals surface area contributed by atoms with Gasteiger partial charge in [0, 0.05) is 25.5 Å². The summed E-state index contributed by atoms with van der Waals surface area (Å²) < 4.78 is 28.8. The summed E-state index contributed by atoms with van der Waals surface area (Å²) in [7, 11) is 4.47. The Morgan fingerprint density at radius 2 is 1.83 bits per heavy atom. The van der Waals surface area contributed by atoms with Crippen molar-refractivity contribution in [2.45, 2.75) is 77.6 Å². The molecule has 2 saturated heterocycles. The standard InChI is InChI=1S/C26H37NO8/c1-15(2)19-9-11-23(29)27(19)25(30)24(26(33-7)13-20(28)16(3)17(4)35-26)34-14-18-8-10-21(31-5)22(12-18)32-6/h8,10,12,15-17,19,24H,9,11,13-14H2,1-7H3/t16-,17+,19+,24+,26+/m0/s1. The van der Waals surface area contributed by atoms with Crippen molar-refractivity contribution in [3.05, 3.63) is 23.8 Å². The zero-order valence-electron chi connectivity index (χ0n) is 21.7. The smallest absolute Gasteiger partial charge is 0.264 e. The fourth-order valence-electron chi connectivity index (χ4n) is 4.79. The molecule has 5 atom stereocenters. The SMILES string of the molecule is COc1ccc(CO[C@H](C(=O)N2C(=O)CC[C@@H]2C(C)C)[C@@]2(OC)CC(=O)[C@@H](C)[C@@H](C)O2)cc1OC. The second-order valence-electron chi connectivity index (χ2n) is 9.60. The van der Waals surface area contributed by atoms with E-state index in [2.05, 4.69) is 0 Å². The minimum Gasteiger partial charge on any atom is -0.493 e. The molecule has 9 nitrogen and oxygen atoms in total. The Hall–Kier alpha value is -2.49. The maximum Gasteiger partial charge on any atom is 0.264 e. The summed E-state index contributed by atoms with van der Waals surface area (Å²) in [4.78, 5) is 40.9. The van der Waals surface area contributed by atoms with Crippen molar-refractivity contribution >= 4 is 17.6 Å². The Morgan fingerprint density at radius 3 is 2.40 bits per heavy atom. The normalized spacial score (nSPS) is 27.9. The molecule has 35 heavy (non-hydrogen) atoms. The molecule has 0 radical (unpaired) electrons. The Labute approximate surface area is 207 Å². The van der Waals surface area contributed by atoms with E-state index in [1.54, 1.807) is 39.2 Å². The topological polar surface area (TPSA) is 101 Å². The highest BCUT2D eigenvalue weighted by Gasteiger charge is 2.55. The zero-order valence-corrected chi connectivity index (χ0v) is 21.7. The monoisotopic (exact) mass is 491 g/mol. The first-order valence-corrected chi connectivity index (χ1v) is 12.0. The van der Waals surface area contributed by atoms with Crippen LogP contribution in [0.15, 0.2) is 18.2 Å². The van der Waals surface area contributed by atoms with E-state index < -0.39 is 23.9 Å². The Kier molecular flexibility index (Phi) is 8.56. The number of benzene rings is 1. The zero-order chi connectivity index (χ0) is 25.9. The molecule has 0 bridgehead atoms. The summed E-state index contributed by atoms with van der Waals surface area (Å²) in [5.74, 6) is -1.76.